The zero-order valence-corrected chi connectivity index (χ0v) is 9.10. The summed E-state index contributed by atoms with van der Waals surface area (Å²) >= 11 is 1.45. The third kappa shape index (κ3) is 2.67. The maximum absolute atomic E-state index is 12.3. The van der Waals surface area contributed by atoms with Crippen molar-refractivity contribution < 1.29 is 22.0 Å². The first-order valence-corrected chi connectivity index (χ1v) is 4.62. The fourth-order valence-electron chi connectivity index (χ4n) is 0.854. The van der Waals surface area contributed by atoms with Gasteiger partial charge in [-0.15, -0.1) is 0 Å². The van der Waals surface area contributed by atoms with Crippen molar-refractivity contribution in [3.8, 4) is 0 Å². The van der Waals surface area contributed by atoms with Gasteiger partial charge in [0.05, 0.1) is 5.69 Å². The Morgan fingerprint density at radius 1 is 1.33 bits per heavy atom. The average molecular weight is 338 g/mol. The Morgan fingerprint density at radius 3 is 2.27 bits per heavy atom. The molecule has 0 saturated carbocycles. The molecule has 0 aliphatic carbocycles. The molecular weight excluding hydrogens is 334 g/mol. The summed E-state index contributed by atoms with van der Waals surface area (Å²) in [4.78, 5) is 2.80. The van der Waals surface area contributed by atoms with Crippen LogP contribution in [-0.2, 0) is 6.18 Å². The summed E-state index contributed by atoms with van der Waals surface area (Å²) < 4.78 is 61.0. The molecule has 0 fully saturated rings. The Bertz CT molecular complexity index is 376. The summed E-state index contributed by atoms with van der Waals surface area (Å²) in [6.07, 6.45) is -7.88. The van der Waals surface area contributed by atoms with Crippen molar-refractivity contribution in [3.05, 3.63) is 21.0 Å². The van der Waals surface area contributed by atoms with E-state index < -0.39 is 29.7 Å². The number of hydrogen-bond donors (Lipinski definition) is 1. The van der Waals surface area contributed by atoms with Crippen molar-refractivity contribution in [1.29, 1.82) is 0 Å². The third-order valence-corrected chi connectivity index (χ3v) is 2.43. The Morgan fingerprint density at radius 2 is 1.87 bits per heavy atom. The van der Waals surface area contributed by atoms with Gasteiger partial charge in [-0.1, -0.05) is 0 Å². The summed E-state index contributed by atoms with van der Waals surface area (Å²) in [5.74, 6) is 0. The van der Waals surface area contributed by atoms with Crippen LogP contribution >= 0.6 is 22.6 Å². The van der Waals surface area contributed by atoms with Gasteiger partial charge in [-0.3, -0.25) is 0 Å². The summed E-state index contributed by atoms with van der Waals surface area (Å²) in [6, 6.07) is 0.627. The van der Waals surface area contributed by atoms with E-state index in [2.05, 4.69) is 4.98 Å². The lowest BCUT2D eigenvalue weighted by atomic mass is 10.2. The number of anilines is 1. The first-order valence-electron chi connectivity index (χ1n) is 3.54. The minimum Gasteiger partial charge on any atom is -0.396 e. The molecule has 15 heavy (non-hydrogen) atoms. The highest BCUT2D eigenvalue weighted by Crippen LogP contribution is 2.34. The minimum absolute atomic E-state index is 0.0924. The van der Waals surface area contributed by atoms with Crippen LogP contribution in [0.3, 0.4) is 0 Å². The molecule has 0 aliphatic rings. The van der Waals surface area contributed by atoms with Gasteiger partial charge in [0.25, 0.3) is 6.43 Å². The molecular formula is C7H4F5IN2. The molecule has 0 spiro atoms. The molecule has 2 nitrogen and oxygen atoms in total. The van der Waals surface area contributed by atoms with Crippen molar-refractivity contribution in [2.45, 2.75) is 12.6 Å². The molecule has 1 aromatic rings. The standard InChI is InChI=1S/C7H4F5IN2/c8-6(9)5-4(14)2(13)1-3(15-5)7(10,11)12/h1,6H,14H2. The lowest BCUT2D eigenvalue weighted by Gasteiger charge is -2.11. The van der Waals surface area contributed by atoms with Crippen molar-refractivity contribution >= 4 is 28.3 Å². The SMILES string of the molecule is Nc1c(I)cc(C(F)(F)F)nc1C(F)F. The molecule has 0 amide bonds. The quantitative estimate of drug-likeness (QED) is 0.631. The Labute approximate surface area is 94.8 Å². The maximum atomic E-state index is 12.3. The molecule has 0 radical (unpaired) electrons. The van der Waals surface area contributed by atoms with Crippen LogP contribution in [0.4, 0.5) is 27.6 Å². The minimum atomic E-state index is -4.75. The van der Waals surface area contributed by atoms with Crippen LogP contribution < -0.4 is 5.73 Å². The lowest BCUT2D eigenvalue weighted by Crippen LogP contribution is -2.12. The van der Waals surface area contributed by atoms with Crippen LogP contribution in [0.25, 0.3) is 0 Å². The second kappa shape index (κ2) is 4.06. The summed E-state index contributed by atoms with van der Waals surface area (Å²) in [5, 5.41) is 0. The molecule has 0 aromatic carbocycles. The van der Waals surface area contributed by atoms with Gasteiger partial charge in [0, 0.05) is 3.57 Å². The normalized spacial score (nSPS) is 12.2. The molecule has 1 rings (SSSR count). The van der Waals surface area contributed by atoms with Gasteiger partial charge in [-0.2, -0.15) is 13.2 Å². The predicted molar refractivity (Wildman–Crippen MR) is 51.3 cm³/mol. The van der Waals surface area contributed by atoms with E-state index in [1.165, 1.54) is 22.6 Å². The molecule has 1 aromatic heterocycles. The van der Waals surface area contributed by atoms with Crippen molar-refractivity contribution in [3.63, 3.8) is 0 Å². The molecule has 2 N–H and O–H groups in total. The molecule has 0 saturated heterocycles. The van der Waals surface area contributed by atoms with Gasteiger partial charge >= 0.3 is 6.18 Å². The molecule has 0 atom stereocenters. The van der Waals surface area contributed by atoms with E-state index in [1.54, 1.807) is 0 Å². The fourth-order valence-corrected chi connectivity index (χ4v) is 1.43. The van der Waals surface area contributed by atoms with E-state index in [0.717, 1.165) is 0 Å². The smallest absolute Gasteiger partial charge is 0.396 e. The maximum Gasteiger partial charge on any atom is 0.433 e. The Balaban J connectivity index is 3.36. The lowest BCUT2D eigenvalue weighted by molar-refractivity contribution is -0.141. The van der Waals surface area contributed by atoms with Crippen LogP contribution in [0.2, 0.25) is 0 Å². The highest BCUT2D eigenvalue weighted by molar-refractivity contribution is 14.1. The number of alkyl halides is 5. The van der Waals surface area contributed by atoms with Gasteiger partial charge in [0.1, 0.15) is 11.4 Å². The van der Waals surface area contributed by atoms with Gasteiger partial charge in [0.15, 0.2) is 0 Å². The van der Waals surface area contributed by atoms with E-state index in [-0.39, 0.29) is 3.57 Å². The van der Waals surface area contributed by atoms with Crippen molar-refractivity contribution in [2.75, 3.05) is 5.73 Å². The first-order chi connectivity index (χ1) is 6.73. The zero-order valence-electron chi connectivity index (χ0n) is 6.95. The number of nitrogens with zero attached hydrogens (tertiary/aromatic N) is 1. The van der Waals surface area contributed by atoms with Gasteiger partial charge in [-0.25, -0.2) is 13.8 Å². The van der Waals surface area contributed by atoms with Crippen molar-refractivity contribution in [1.82, 2.24) is 4.98 Å². The number of rotatable bonds is 1. The number of nitrogens with two attached hydrogens (primary N) is 1. The molecule has 1 heterocycles. The van der Waals surface area contributed by atoms with E-state index >= 15 is 0 Å². The molecule has 0 aliphatic heterocycles. The van der Waals surface area contributed by atoms with E-state index in [1.807, 2.05) is 0 Å². The highest BCUT2D eigenvalue weighted by atomic mass is 127. The summed E-state index contributed by atoms with van der Waals surface area (Å²) in [6.45, 7) is 0. The molecule has 84 valence electrons. The number of nitrogen functional groups attached to an aromatic ring is 1. The summed E-state index contributed by atoms with van der Waals surface area (Å²) in [7, 11) is 0. The first kappa shape index (κ1) is 12.4. The Hall–Kier alpha value is -0.670. The predicted octanol–water partition coefficient (Wildman–Crippen LogP) is 3.22. The molecule has 8 heteroatoms. The largest absolute Gasteiger partial charge is 0.433 e. The monoisotopic (exact) mass is 338 g/mol. The van der Waals surface area contributed by atoms with E-state index in [0.29, 0.717) is 6.07 Å². The number of halogens is 6. The van der Waals surface area contributed by atoms with Crippen molar-refractivity contribution in [2.24, 2.45) is 0 Å². The Kier molecular flexibility index (Phi) is 3.36. The number of aromatic nitrogens is 1. The average Bonchev–Trinajstić information content (AvgIpc) is 2.06. The van der Waals surface area contributed by atoms with Gasteiger partial charge in [0.2, 0.25) is 0 Å². The van der Waals surface area contributed by atoms with Gasteiger partial charge < -0.3 is 5.73 Å². The highest BCUT2D eigenvalue weighted by Gasteiger charge is 2.34. The van der Waals surface area contributed by atoms with Crippen LogP contribution in [0, 0.1) is 3.57 Å². The summed E-state index contributed by atoms with van der Waals surface area (Å²) in [5.41, 5.74) is 2.36. The third-order valence-electron chi connectivity index (χ3n) is 1.53. The van der Waals surface area contributed by atoms with Crippen LogP contribution in [0.1, 0.15) is 17.8 Å². The van der Waals surface area contributed by atoms with Crippen LogP contribution in [0.5, 0.6) is 0 Å². The van der Waals surface area contributed by atoms with Crippen LogP contribution in [-0.4, -0.2) is 4.98 Å². The zero-order chi connectivity index (χ0) is 11.8. The topological polar surface area (TPSA) is 38.9 Å². The fraction of sp³-hybridized carbons (Fsp3) is 0.286. The number of pyridine rings is 1. The van der Waals surface area contributed by atoms with Crippen LogP contribution in [0.15, 0.2) is 6.07 Å². The number of hydrogen-bond acceptors (Lipinski definition) is 2. The molecule has 0 unspecified atom stereocenters. The van der Waals surface area contributed by atoms with Gasteiger partial charge in [-0.05, 0) is 28.7 Å². The van der Waals surface area contributed by atoms with E-state index in [4.69, 9.17) is 5.73 Å². The second-order valence-electron chi connectivity index (χ2n) is 2.59. The second-order valence-corrected chi connectivity index (χ2v) is 3.75. The molecule has 0 bridgehead atoms. The van der Waals surface area contributed by atoms with E-state index in [9.17, 15) is 22.0 Å².